The number of piperazine rings is 1. The lowest BCUT2D eigenvalue weighted by Crippen LogP contribution is -2.52. The molecule has 2 saturated heterocycles. The van der Waals surface area contributed by atoms with E-state index in [4.69, 9.17) is 16.3 Å². The number of piperidine rings is 1. The van der Waals surface area contributed by atoms with Crippen LogP contribution in [0.15, 0.2) is 53.6 Å². The second-order valence-electron chi connectivity index (χ2n) is 11.0. The molecule has 220 valence electrons. The number of nitrogens with zero attached hydrogens (tertiary/aromatic N) is 5. The number of halogens is 1. The Hall–Kier alpha value is -2.76. The number of methoxy groups -OCH3 is 1. The first-order valence-corrected chi connectivity index (χ1v) is 15.8. The molecule has 2 aromatic carbocycles. The summed E-state index contributed by atoms with van der Waals surface area (Å²) in [4.78, 5) is 17.3. The molecule has 11 heteroatoms. The number of hydrogen-bond acceptors (Lipinski definition) is 9. The van der Waals surface area contributed by atoms with E-state index in [1.54, 1.807) is 13.3 Å². The Balaban J connectivity index is 1.23. The van der Waals surface area contributed by atoms with Gasteiger partial charge in [0.05, 0.1) is 19.0 Å². The van der Waals surface area contributed by atoms with E-state index in [0.717, 1.165) is 53.9 Å². The first-order valence-electron chi connectivity index (χ1n) is 14.2. The van der Waals surface area contributed by atoms with Crippen molar-refractivity contribution < 1.29 is 9.29 Å². The molecule has 0 unspecified atom stereocenters. The largest absolute Gasteiger partial charge is 0.611 e. The van der Waals surface area contributed by atoms with Gasteiger partial charge in [-0.3, -0.25) is 4.90 Å². The molecular formula is C30H40ClN7O2S. The maximum atomic E-state index is 12.4. The van der Waals surface area contributed by atoms with Gasteiger partial charge in [0.1, 0.15) is 16.0 Å². The highest BCUT2D eigenvalue weighted by Gasteiger charge is 2.27. The maximum Gasteiger partial charge on any atom is 0.229 e. The van der Waals surface area contributed by atoms with Crippen LogP contribution in [0.1, 0.15) is 26.7 Å². The predicted molar refractivity (Wildman–Crippen MR) is 169 cm³/mol. The number of hydrogen-bond donors (Lipinski definition) is 2. The van der Waals surface area contributed by atoms with E-state index in [9.17, 15) is 4.55 Å². The van der Waals surface area contributed by atoms with Gasteiger partial charge in [0.25, 0.3) is 0 Å². The number of ether oxygens (including phenoxy) is 1. The van der Waals surface area contributed by atoms with E-state index in [-0.39, 0.29) is 5.25 Å². The Morgan fingerprint density at radius 1 is 1.00 bits per heavy atom. The highest BCUT2D eigenvalue weighted by molar-refractivity contribution is 7.92. The first kappa shape index (κ1) is 29.7. The molecule has 0 aliphatic carbocycles. The summed E-state index contributed by atoms with van der Waals surface area (Å²) in [5.41, 5.74) is 2.72. The van der Waals surface area contributed by atoms with Crippen LogP contribution in [0.3, 0.4) is 0 Å². The lowest BCUT2D eigenvalue weighted by molar-refractivity contribution is 0.0982. The smallest absolute Gasteiger partial charge is 0.229 e. The van der Waals surface area contributed by atoms with Gasteiger partial charge in [-0.25, -0.2) is 4.98 Å². The summed E-state index contributed by atoms with van der Waals surface area (Å²) in [6.07, 6.45) is 3.92. The number of likely N-dealkylation sites (N-methyl/N-ethyl adjacent to an activating group) is 1. The fourth-order valence-electron chi connectivity index (χ4n) is 5.37. The van der Waals surface area contributed by atoms with E-state index in [1.807, 2.05) is 44.2 Å². The Bertz CT molecular complexity index is 1300. The lowest BCUT2D eigenvalue weighted by Gasteiger charge is -2.42. The molecule has 0 spiro atoms. The fourth-order valence-corrected chi connectivity index (χ4v) is 6.46. The van der Waals surface area contributed by atoms with Crippen molar-refractivity contribution in [3.05, 3.63) is 53.7 Å². The summed E-state index contributed by atoms with van der Waals surface area (Å²) in [5, 5.41) is 6.98. The van der Waals surface area contributed by atoms with Crippen LogP contribution in [-0.2, 0) is 11.2 Å². The van der Waals surface area contributed by atoms with E-state index in [1.165, 1.54) is 25.9 Å². The molecule has 41 heavy (non-hydrogen) atoms. The molecule has 0 radical (unpaired) electrons. The van der Waals surface area contributed by atoms with E-state index in [2.05, 4.69) is 54.5 Å². The number of benzene rings is 2. The van der Waals surface area contributed by atoms with E-state index < -0.39 is 11.2 Å². The Morgan fingerprint density at radius 3 is 2.37 bits per heavy atom. The van der Waals surface area contributed by atoms with Crippen LogP contribution < -0.4 is 20.3 Å². The highest BCUT2D eigenvalue weighted by atomic mass is 35.5. The number of nitrogens with one attached hydrogen (secondary N) is 2. The summed E-state index contributed by atoms with van der Waals surface area (Å²) in [5.74, 6) is 1.60. The first-order chi connectivity index (χ1) is 19.8. The Kier molecular flexibility index (Phi) is 9.77. The number of anilines is 5. The van der Waals surface area contributed by atoms with E-state index >= 15 is 0 Å². The van der Waals surface area contributed by atoms with Crippen LogP contribution >= 0.6 is 11.6 Å². The highest BCUT2D eigenvalue weighted by Crippen LogP contribution is 2.34. The van der Waals surface area contributed by atoms with Crippen molar-refractivity contribution in [1.82, 2.24) is 19.8 Å². The standard InChI is InChI=1S/C30H40ClN7O2S/c1-21(2)41(39)25-8-5-22(6-9-25)33-29-26(31)20-32-30(35-29)34-27-10-7-24(19-28(27)40-4)37-13-11-23(12-14-37)38-17-15-36(3)16-18-38/h5-10,19-21,23H,11-18H2,1-4H3,(H2,32,33,34,35)/t41-/m0/s1. The van der Waals surface area contributed by atoms with Crippen LogP contribution in [0.5, 0.6) is 5.75 Å². The van der Waals surface area contributed by atoms with Crippen LogP contribution in [0.4, 0.5) is 28.8 Å². The average Bonchev–Trinajstić information content (AvgIpc) is 2.99. The minimum atomic E-state index is -1.04. The van der Waals surface area contributed by atoms with Crippen molar-refractivity contribution in [2.45, 2.75) is 42.9 Å². The number of aromatic nitrogens is 2. The second kappa shape index (κ2) is 13.5. The molecule has 2 aliphatic rings. The molecule has 0 saturated carbocycles. The van der Waals surface area contributed by atoms with Gasteiger partial charge in [-0.2, -0.15) is 4.98 Å². The van der Waals surface area contributed by atoms with Gasteiger partial charge in [-0.1, -0.05) is 11.6 Å². The third-order valence-corrected chi connectivity index (χ3v) is 9.71. The van der Waals surface area contributed by atoms with Crippen molar-refractivity contribution in [2.75, 3.05) is 69.0 Å². The maximum absolute atomic E-state index is 12.4. The average molecular weight is 598 g/mol. The molecule has 0 amide bonds. The Labute approximate surface area is 251 Å². The van der Waals surface area contributed by atoms with Gasteiger partial charge in [0.2, 0.25) is 5.95 Å². The van der Waals surface area contributed by atoms with Crippen LogP contribution in [0.25, 0.3) is 0 Å². The molecular weight excluding hydrogens is 558 g/mol. The van der Waals surface area contributed by atoms with Crippen molar-refractivity contribution in [3.8, 4) is 5.75 Å². The van der Waals surface area contributed by atoms with Crippen molar-refractivity contribution in [1.29, 1.82) is 0 Å². The third kappa shape index (κ3) is 7.37. The summed E-state index contributed by atoms with van der Waals surface area (Å²) < 4.78 is 18.1. The van der Waals surface area contributed by atoms with Crippen molar-refractivity contribution in [3.63, 3.8) is 0 Å². The van der Waals surface area contributed by atoms with Crippen LogP contribution in [0.2, 0.25) is 5.02 Å². The van der Waals surface area contributed by atoms with Gasteiger partial charge < -0.3 is 29.7 Å². The van der Waals surface area contributed by atoms with Gasteiger partial charge in [-0.05, 0) is 81.3 Å². The van der Waals surface area contributed by atoms with Crippen molar-refractivity contribution >= 4 is 51.6 Å². The van der Waals surface area contributed by atoms with Gasteiger partial charge in [0, 0.05) is 62.8 Å². The minimum absolute atomic E-state index is 0.0594. The number of rotatable bonds is 9. The topological polar surface area (TPSA) is 91.9 Å². The van der Waals surface area contributed by atoms with Gasteiger partial charge in [-0.15, -0.1) is 0 Å². The quantitative estimate of drug-likeness (QED) is 0.316. The molecule has 9 nitrogen and oxygen atoms in total. The summed E-state index contributed by atoms with van der Waals surface area (Å²) in [6, 6.07) is 14.3. The zero-order valence-corrected chi connectivity index (χ0v) is 25.8. The van der Waals surface area contributed by atoms with Crippen LogP contribution in [-0.4, -0.2) is 89.0 Å². The molecule has 0 bridgehead atoms. The summed E-state index contributed by atoms with van der Waals surface area (Å²) in [7, 11) is 3.88. The van der Waals surface area contributed by atoms with Gasteiger partial charge in [0.15, 0.2) is 10.7 Å². The molecule has 1 aromatic heterocycles. The molecule has 3 heterocycles. The molecule has 2 fully saturated rings. The van der Waals surface area contributed by atoms with E-state index in [0.29, 0.717) is 22.8 Å². The molecule has 3 aromatic rings. The molecule has 2 N–H and O–H groups in total. The second-order valence-corrected chi connectivity index (χ2v) is 13.4. The van der Waals surface area contributed by atoms with Crippen molar-refractivity contribution in [2.24, 2.45) is 0 Å². The van der Waals surface area contributed by atoms with Crippen LogP contribution in [0, 0.1) is 0 Å². The minimum Gasteiger partial charge on any atom is -0.611 e. The monoisotopic (exact) mass is 597 g/mol. The predicted octanol–water partition coefficient (Wildman–Crippen LogP) is 5.36. The summed E-state index contributed by atoms with van der Waals surface area (Å²) >= 11 is 5.37. The third-order valence-electron chi connectivity index (χ3n) is 7.84. The normalized spacial score (nSPS) is 18.0. The SMILES string of the molecule is COc1cc(N2CCC(N3CCN(C)CC3)CC2)ccc1Nc1ncc(Cl)c(Nc2ccc([S@@+]([O-])C(C)C)cc2)n1. The Morgan fingerprint density at radius 2 is 1.71 bits per heavy atom. The van der Waals surface area contributed by atoms with Gasteiger partial charge >= 0.3 is 0 Å². The fraction of sp³-hybridized carbons (Fsp3) is 0.467. The molecule has 1 atom stereocenters. The zero-order valence-electron chi connectivity index (χ0n) is 24.3. The zero-order chi connectivity index (χ0) is 28.9. The summed E-state index contributed by atoms with van der Waals surface area (Å²) in [6.45, 7) is 10.6. The lowest BCUT2D eigenvalue weighted by atomic mass is 10.0. The molecule has 2 aliphatic heterocycles. The molecule has 5 rings (SSSR count).